The maximum absolute atomic E-state index is 12.5. The van der Waals surface area contributed by atoms with Crippen molar-refractivity contribution in [1.29, 1.82) is 0 Å². The van der Waals surface area contributed by atoms with Gasteiger partial charge in [0.1, 0.15) is 0 Å². The fourth-order valence-corrected chi connectivity index (χ4v) is 3.80. The Morgan fingerprint density at radius 3 is 2.64 bits per heavy atom. The summed E-state index contributed by atoms with van der Waals surface area (Å²) in [7, 11) is 0. The van der Waals surface area contributed by atoms with Gasteiger partial charge in [-0.15, -0.1) is 23.7 Å². The molecule has 2 heterocycles. The third-order valence-electron chi connectivity index (χ3n) is 4.59. The fourth-order valence-electron chi connectivity index (χ4n) is 2.94. The second-order valence-electron chi connectivity index (χ2n) is 8.39. The van der Waals surface area contributed by atoms with Crippen molar-refractivity contribution in [2.45, 2.75) is 52.8 Å². The first-order chi connectivity index (χ1) is 12.4. The fraction of sp³-hybridized carbons (Fsp3) is 0.737. The molecule has 0 saturated carbocycles. The number of nitrogens with zero attached hydrogens (tertiary/aromatic N) is 1. The normalized spacial score (nSPS) is 19.2. The number of thiophene rings is 1. The highest BCUT2D eigenvalue weighted by Gasteiger charge is 2.30. The molecular weight excluding hydrogens is 413 g/mol. The van der Waals surface area contributed by atoms with Gasteiger partial charge in [-0.25, -0.2) is 0 Å². The van der Waals surface area contributed by atoms with Crippen LogP contribution < -0.4 is 10.1 Å². The zero-order chi connectivity index (χ0) is 20.2. The molecule has 2 rings (SSSR count). The summed E-state index contributed by atoms with van der Waals surface area (Å²) in [5.41, 5.74) is 0.278. The van der Waals surface area contributed by atoms with E-state index in [9.17, 15) is 18.0 Å². The Labute approximate surface area is 175 Å². The van der Waals surface area contributed by atoms with Gasteiger partial charge >= 0.3 is 6.18 Å². The molecule has 1 aliphatic heterocycles. The highest BCUT2D eigenvalue weighted by Crippen LogP contribution is 2.31. The summed E-state index contributed by atoms with van der Waals surface area (Å²) < 4.78 is 41.4. The van der Waals surface area contributed by atoms with Gasteiger partial charge in [0, 0.05) is 11.4 Å². The van der Waals surface area contributed by atoms with Crippen LogP contribution in [0.2, 0.25) is 0 Å². The lowest BCUT2D eigenvalue weighted by Gasteiger charge is -2.23. The van der Waals surface area contributed by atoms with Crippen LogP contribution in [0, 0.1) is 11.3 Å². The van der Waals surface area contributed by atoms with Crippen molar-refractivity contribution in [2.75, 3.05) is 26.2 Å². The maximum atomic E-state index is 12.5. The maximum Gasteiger partial charge on any atom is 0.422 e. The second kappa shape index (κ2) is 10.2. The smallest absolute Gasteiger partial charge is 0.422 e. The Kier molecular flexibility index (Phi) is 9.09. The van der Waals surface area contributed by atoms with Gasteiger partial charge < -0.3 is 15.0 Å². The Balaban J connectivity index is 0.00000392. The van der Waals surface area contributed by atoms with E-state index >= 15 is 0 Å². The number of carbonyl (C=O) groups is 1. The van der Waals surface area contributed by atoms with E-state index in [2.05, 4.69) is 31.0 Å². The van der Waals surface area contributed by atoms with Crippen LogP contribution in [0.1, 0.15) is 51.5 Å². The Bertz CT molecular complexity index is 631. The van der Waals surface area contributed by atoms with Crippen molar-refractivity contribution in [3.8, 4) is 5.06 Å². The minimum absolute atomic E-state index is 0. The molecule has 4 nitrogen and oxygen atoms in total. The van der Waals surface area contributed by atoms with Crippen molar-refractivity contribution in [2.24, 2.45) is 11.3 Å². The van der Waals surface area contributed by atoms with Gasteiger partial charge in [-0.1, -0.05) is 20.8 Å². The summed E-state index contributed by atoms with van der Waals surface area (Å²) in [5, 5.41) is 3.19. The van der Waals surface area contributed by atoms with Crippen molar-refractivity contribution >= 4 is 29.7 Å². The molecule has 28 heavy (non-hydrogen) atoms. The summed E-state index contributed by atoms with van der Waals surface area (Å²) in [4.78, 5) is 15.6. The van der Waals surface area contributed by atoms with Crippen molar-refractivity contribution in [3.05, 3.63) is 17.0 Å². The largest absolute Gasteiger partial charge is 0.475 e. The predicted octanol–water partition coefficient (Wildman–Crippen LogP) is 5.05. The number of rotatable bonds is 7. The lowest BCUT2D eigenvalue weighted by Crippen LogP contribution is -2.34. The van der Waals surface area contributed by atoms with E-state index in [0.717, 1.165) is 48.7 Å². The molecule has 1 saturated heterocycles. The standard InChI is InChI=1S/C19H29F3N2O2S.ClH/c1-13(15-5-6-16(27-15)26-12-19(20,21)22)23-17(25)14-7-9-24(11-14)10-8-18(2,3)4;/h5-6,13-14H,7-12H2,1-4H3,(H,23,25);1H/t13?,14-;/m1./s1. The molecule has 1 aromatic rings. The van der Waals surface area contributed by atoms with Crippen LogP contribution in [0.25, 0.3) is 0 Å². The van der Waals surface area contributed by atoms with E-state index in [1.807, 2.05) is 6.92 Å². The lowest BCUT2D eigenvalue weighted by molar-refractivity contribution is -0.152. The van der Waals surface area contributed by atoms with Gasteiger partial charge in [0.15, 0.2) is 11.7 Å². The topological polar surface area (TPSA) is 41.6 Å². The average Bonchev–Trinajstić information content (AvgIpc) is 3.19. The van der Waals surface area contributed by atoms with Crippen LogP contribution in [-0.4, -0.2) is 43.2 Å². The average molecular weight is 443 g/mol. The summed E-state index contributed by atoms with van der Waals surface area (Å²) in [5.74, 6) is -0.0275. The number of hydrogen-bond acceptors (Lipinski definition) is 4. The predicted molar refractivity (Wildman–Crippen MR) is 108 cm³/mol. The monoisotopic (exact) mass is 442 g/mol. The van der Waals surface area contributed by atoms with E-state index in [1.54, 1.807) is 6.07 Å². The number of hydrogen-bond donors (Lipinski definition) is 1. The number of amides is 1. The first kappa shape index (κ1) is 25.0. The highest BCUT2D eigenvalue weighted by atomic mass is 35.5. The SMILES string of the molecule is CC(NC(=O)[C@@H]1CCN(CCC(C)(C)C)C1)c1ccc(OCC(F)(F)F)s1.Cl. The highest BCUT2D eigenvalue weighted by molar-refractivity contribution is 7.13. The summed E-state index contributed by atoms with van der Waals surface area (Å²) in [6.45, 7) is 9.85. The molecule has 0 spiro atoms. The second-order valence-corrected chi connectivity index (χ2v) is 9.47. The molecule has 0 aromatic carbocycles. The van der Waals surface area contributed by atoms with Gasteiger partial charge in [0.2, 0.25) is 5.91 Å². The van der Waals surface area contributed by atoms with Crippen LogP contribution >= 0.6 is 23.7 Å². The Morgan fingerprint density at radius 1 is 1.36 bits per heavy atom. The van der Waals surface area contributed by atoms with Crippen LogP contribution in [0.3, 0.4) is 0 Å². The molecule has 1 N–H and O–H groups in total. The number of likely N-dealkylation sites (tertiary alicyclic amines) is 1. The molecular formula is C19H30ClF3N2O2S. The molecule has 0 bridgehead atoms. The van der Waals surface area contributed by atoms with E-state index in [1.165, 1.54) is 6.07 Å². The molecule has 1 amide bonds. The third kappa shape index (κ3) is 8.57. The van der Waals surface area contributed by atoms with Crippen LogP contribution in [0.15, 0.2) is 12.1 Å². The van der Waals surface area contributed by atoms with Crippen molar-refractivity contribution < 1.29 is 22.7 Å². The van der Waals surface area contributed by atoms with E-state index in [-0.39, 0.29) is 40.8 Å². The number of alkyl halides is 3. The molecule has 1 unspecified atom stereocenters. The van der Waals surface area contributed by atoms with Crippen LogP contribution in [0.5, 0.6) is 5.06 Å². The number of halogens is 4. The van der Waals surface area contributed by atoms with E-state index in [0.29, 0.717) is 0 Å². The minimum Gasteiger partial charge on any atom is -0.475 e. The quantitative estimate of drug-likeness (QED) is 0.642. The minimum atomic E-state index is -4.36. The number of carbonyl (C=O) groups excluding carboxylic acids is 1. The molecule has 1 aromatic heterocycles. The van der Waals surface area contributed by atoms with Gasteiger partial charge in [-0.2, -0.15) is 13.2 Å². The first-order valence-electron chi connectivity index (χ1n) is 9.25. The van der Waals surface area contributed by atoms with Crippen molar-refractivity contribution in [3.63, 3.8) is 0 Å². The molecule has 1 aliphatic rings. The zero-order valence-electron chi connectivity index (χ0n) is 16.8. The molecule has 9 heteroatoms. The summed E-state index contributed by atoms with van der Waals surface area (Å²) in [6.07, 6.45) is -2.42. The van der Waals surface area contributed by atoms with Gasteiger partial charge in [-0.3, -0.25) is 4.79 Å². The Morgan fingerprint density at radius 2 is 2.04 bits per heavy atom. The molecule has 1 fully saturated rings. The van der Waals surface area contributed by atoms with E-state index < -0.39 is 12.8 Å². The lowest BCUT2D eigenvalue weighted by atomic mass is 9.92. The van der Waals surface area contributed by atoms with Gasteiger partial charge in [0.05, 0.1) is 12.0 Å². The molecule has 162 valence electrons. The summed E-state index contributed by atoms with van der Waals surface area (Å²) in [6, 6.07) is 2.96. The van der Waals surface area contributed by atoms with Gasteiger partial charge in [-0.05, 0) is 50.4 Å². The number of ether oxygens (including phenoxy) is 1. The molecule has 2 atom stereocenters. The molecule has 0 aliphatic carbocycles. The van der Waals surface area contributed by atoms with Crippen LogP contribution in [0.4, 0.5) is 13.2 Å². The van der Waals surface area contributed by atoms with Crippen molar-refractivity contribution in [1.82, 2.24) is 10.2 Å². The van der Waals surface area contributed by atoms with E-state index in [4.69, 9.17) is 4.74 Å². The molecule has 0 radical (unpaired) electrons. The Hall–Kier alpha value is -0.990. The first-order valence-corrected chi connectivity index (χ1v) is 10.1. The zero-order valence-corrected chi connectivity index (χ0v) is 18.4. The summed E-state index contributed by atoms with van der Waals surface area (Å²) >= 11 is 1.13. The van der Waals surface area contributed by atoms with Gasteiger partial charge in [0.25, 0.3) is 0 Å². The third-order valence-corrected chi connectivity index (χ3v) is 5.77. The number of nitrogens with one attached hydrogen (secondary N) is 1. The van der Waals surface area contributed by atoms with Crippen LogP contribution in [-0.2, 0) is 4.79 Å².